The molecule has 0 bridgehead atoms. The van der Waals surface area contributed by atoms with Crippen LogP contribution in [0.15, 0.2) is 54.6 Å². The van der Waals surface area contributed by atoms with Gasteiger partial charge in [-0.1, -0.05) is 54.1 Å². The molecule has 138 valence electrons. The predicted octanol–water partition coefficient (Wildman–Crippen LogP) is 3.48. The van der Waals surface area contributed by atoms with Crippen molar-refractivity contribution in [1.29, 1.82) is 0 Å². The lowest BCUT2D eigenvalue weighted by atomic mass is 10.1. The number of nitrogens with zero attached hydrogens (tertiary/aromatic N) is 1. The molecule has 1 N–H and O–H groups in total. The molecule has 0 heterocycles. The van der Waals surface area contributed by atoms with Gasteiger partial charge in [-0.3, -0.25) is 9.59 Å². The molecule has 2 amide bonds. The second-order valence-corrected chi connectivity index (χ2v) is 6.64. The first-order valence-electron chi connectivity index (χ1n) is 8.86. The zero-order valence-corrected chi connectivity index (χ0v) is 16.0. The van der Waals surface area contributed by atoms with Gasteiger partial charge >= 0.3 is 0 Å². The maximum Gasteiger partial charge on any atom is 0.242 e. The third kappa shape index (κ3) is 5.88. The van der Waals surface area contributed by atoms with Crippen LogP contribution >= 0.6 is 11.6 Å². The van der Waals surface area contributed by atoms with Gasteiger partial charge in [0.15, 0.2) is 0 Å². The van der Waals surface area contributed by atoms with Gasteiger partial charge in [-0.05, 0) is 43.5 Å². The zero-order valence-electron chi connectivity index (χ0n) is 15.2. The Morgan fingerprint density at radius 3 is 2.42 bits per heavy atom. The van der Waals surface area contributed by atoms with Crippen LogP contribution in [0.2, 0.25) is 5.02 Å². The van der Waals surface area contributed by atoms with Crippen molar-refractivity contribution in [3.8, 4) is 0 Å². The number of halogens is 1. The van der Waals surface area contributed by atoms with E-state index in [-0.39, 0.29) is 18.2 Å². The van der Waals surface area contributed by atoms with E-state index in [4.69, 9.17) is 11.6 Å². The molecule has 1 atom stereocenters. The molecule has 26 heavy (non-hydrogen) atoms. The quantitative estimate of drug-likeness (QED) is 0.771. The molecule has 0 fully saturated rings. The van der Waals surface area contributed by atoms with Crippen LogP contribution in [-0.2, 0) is 22.4 Å². The Bertz CT molecular complexity index is 734. The van der Waals surface area contributed by atoms with Crippen molar-refractivity contribution in [1.82, 2.24) is 10.2 Å². The van der Waals surface area contributed by atoms with Crippen LogP contribution in [0.25, 0.3) is 0 Å². The number of benzene rings is 2. The highest BCUT2D eigenvalue weighted by Crippen LogP contribution is 2.14. The minimum atomic E-state index is -0.523. The van der Waals surface area contributed by atoms with Crippen molar-refractivity contribution in [3.63, 3.8) is 0 Å². The van der Waals surface area contributed by atoms with Gasteiger partial charge in [0.05, 0.1) is 6.42 Å². The molecule has 2 aromatic carbocycles. The molecule has 4 nitrogen and oxygen atoms in total. The van der Waals surface area contributed by atoms with Gasteiger partial charge in [-0.15, -0.1) is 0 Å². The van der Waals surface area contributed by atoms with Crippen LogP contribution in [0.5, 0.6) is 0 Å². The molecule has 0 radical (unpaired) electrons. The molecular weight excluding hydrogens is 348 g/mol. The van der Waals surface area contributed by atoms with Crippen LogP contribution in [0.3, 0.4) is 0 Å². The SMILES string of the molecule is CCNC(=O)[C@@H](C)N(CCc1ccccc1)C(=O)Cc1cccc(Cl)c1. The second kappa shape index (κ2) is 9.97. The van der Waals surface area contributed by atoms with Crippen LogP contribution in [0.1, 0.15) is 25.0 Å². The molecular formula is C21H25ClN2O2. The summed E-state index contributed by atoms with van der Waals surface area (Å²) in [5, 5.41) is 3.40. The average Bonchev–Trinajstić information content (AvgIpc) is 2.62. The predicted molar refractivity (Wildman–Crippen MR) is 105 cm³/mol. The smallest absolute Gasteiger partial charge is 0.242 e. The van der Waals surface area contributed by atoms with Crippen molar-refractivity contribution in [2.45, 2.75) is 32.7 Å². The Balaban J connectivity index is 2.12. The summed E-state index contributed by atoms with van der Waals surface area (Å²) in [5.41, 5.74) is 1.98. The first-order valence-corrected chi connectivity index (χ1v) is 9.24. The molecule has 2 aromatic rings. The summed E-state index contributed by atoms with van der Waals surface area (Å²) >= 11 is 6.01. The van der Waals surface area contributed by atoms with E-state index >= 15 is 0 Å². The van der Waals surface area contributed by atoms with E-state index < -0.39 is 6.04 Å². The topological polar surface area (TPSA) is 49.4 Å². The van der Waals surface area contributed by atoms with Crippen LogP contribution in [-0.4, -0.2) is 35.8 Å². The van der Waals surface area contributed by atoms with Gasteiger partial charge in [0.25, 0.3) is 0 Å². The lowest BCUT2D eigenvalue weighted by molar-refractivity contribution is -0.139. The van der Waals surface area contributed by atoms with E-state index in [2.05, 4.69) is 5.32 Å². The summed E-state index contributed by atoms with van der Waals surface area (Å²) in [5.74, 6) is -0.220. The number of amides is 2. The monoisotopic (exact) mass is 372 g/mol. The van der Waals surface area contributed by atoms with Gasteiger partial charge in [-0.2, -0.15) is 0 Å². The molecule has 0 aliphatic carbocycles. The lowest BCUT2D eigenvalue weighted by Gasteiger charge is -2.28. The van der Waals surface area contributed by atoms with Gasteiger partial charge in [0.1, 0.15) is 6.04 Å². The summed E-state index contributed by atoms with van der Waals surface area (Å²) in [6.07, 6.45) is 0.922. The van der Waals surface area contributed by atoms with Gasteiger partial charge < -0.3 is 10.2 Å². The molecule has 0 saturated carbocycles. The Morgan fingerprint density at radius 1 is 1.08 bits per heavy atom. The number of carbonyl (C=O) groups excluding carboxylic acids is 2. The third-order valence-electron chi connectivity index (χ3n) is 4.25. The van der Waals surface area contributed by atoms with Crippen LogP contribution in [0, 0.1) is 0 Å². The summed E-state index contributed by atoms with van der Waals surface area (Å²) in [6, 6.07) is 16.7. The second-order valence-electron chi connectivity index (χ2n) is 6.20. The summed E-state index contributed by atoms with van der Waals surface area (Å²) in [6.45, 7) is 4.67. The zero-order chi connectivity index (χ0) is 18.9. The van der Waals surface area contributed by atoms with Crippen molar-refractivity contribution < 1.29 is 9.59 Å². The minimum absolute atomic E-state index is 0.0815. The average molecular weight is 373 g/mol. The van der Waals surface area contributed by atoms with E-state index in [0.717, 1.165) is 11.1 Å². The number of hydrogen-bond donors (Lipinski definition) is 1. The maximum atomic E-state index is 12.9. The highest BCUT2D eigenvalue weighted by molar-refractivity contribution is 6.30. The Labute approximate surface area is 160 Å². The maximum absolute atomic E-state index is 12.9. The fourth-order valence-electron chi connectivity index (χ4n) is 2.82. The number of nitrogens with one attached hydrogen (secondary N) is 1. The number of rotatable bonds is 8. The number of hydrogen-bond acceptors (Lipinski definition) is 2. The van der Waals surface area contributed by atoms with E-state index in [1.165, 1.54) is 0 Å². The highest BCUT2D eigenvalue weighted by atomic mass is 35.5. The van der Waals surface area contributed by atoms with Crippen LogP contribution in [0.4, 0.5) is 0 Å². The van der Waals surface area contributed by atoms with E-state index in [1.807, 2.05) is 49.4 Å². The van der Waals surface area contributed by atoms with Crippen molar-refractivity contribution >= 4 is 23.4 Å². The summed E-state index contributed by atoms with van der Waals surface area (Å²) in [7, 11) is 0. The van der Waals surface area contributed by atoms with Crippen LogP contribution < -0.4 is 5.32 Å². The summed E-state index contributed by atoms with van der Waals surface area (Å²) < 4.78 is 0. The normalized spacial score (nSPS) is 11.7. The largest absolute Gasteiger partial charge is 0.355 e. The summed E-state index contributed by atoms with van der Waals surface area (Å²) in [4.78, 5) is 26.8. The fourth-order valence-corrected chi connectivity index (χ4v) is 3.03. The molecule has 0 aliphatic heterocycles. The van der Waals surface area contributed by atoms with E-state index in [1.54, 1.807) is 24.0 Å². The Hall–Kier alpha value is -2.33. The first kappa shape index (κ1) is 20.0. The van der Waals surface area contributed by atoms with Gasteiger partial charge in [0, 0.05) is 18.1 Å². The van der Waals surface area contributed by atoms with Gasteiger partial charge in [0.2, 0.25) is 11.8 Å². The lowest BCUT2D eigenvalue weighted by Crippen LogP contribution is -2.49. The molecule has 5 heteroatoms. The standard InChI is InChI=1S/C21H25ClN2O2/c1-3-23-21(26)16(2)24(13-12-17-8-5-4-6-9-17)20(25)15-18-10-7-11-19(22)14-18/h4-11,14,16H,3,12-13,15H2,1-2H3,(H,23,26)/t16-/m1/s1. The molecule has 0 unspecified atom stereocenters. The Kier molecular flexibility index (Phi) is 7.67. The number of likely N-dealkylation sites (N-methyl/N-ethyl adjacent to an activating group) is 1. The number of carbonyl (C=O) groups is 2. The van der Waals surface area contributed by atoms with Gasteiger partial charge in [-0.25, -0.2) is 0 Å². The molecule has 0 aromatic heterocycles. The molecule has 0 spiro atoms. The minimum Gasteiger partial charge on any atom is -0.355 e. The molecule has 2 rings (SSSR count). The van der Waals surface area contributed by atoms with E-state index in [9.17, 15) is 9.59 Å². The van der Waals surface area contributed by atoms with Crippen molar-refractivity contribution in [2.24, 2.45) is 0 Å². The highest BCUT2D eigenvalue weighted by Gasteiger charge is 2.25. The van der Waals surface area contributed by atoms with Crippen molar-refractivity contribution in [2.75, 3.05) is 13.1 Å². The fraction of sp³-hybridized carbons (Fsp3) is 0.333. The Morgan fingerprint density at radius 2 is 1.77 bits per heavy atom. The first-order chi connectivity index (χ1) is 12.5. The third-order valence-corrected chi connectivity index (χ3v) is 4.48. The molecule has 0 aliphatic rings. The van der Waals surface area contributed by atoms with E-state index in [0.29, 0.717) is 24.5 Å². The van der Waals surface area contributed by atoms with Crippen molar-refractivity contribution in [3.05, 3.63) is 70.7 Å². The molecule has 0 saturated heterocycles.